The normalized spacial score (nSPS) is 15.3. The van der Waals surface area contributed by atoms with Crippen molar-refractivity contribution in [2.24, 2.45) is 0 Å². The Morgan fingerprint density at radius 3 is 2.35 bits per heavy atom. The molecule has 140 valence electrons. The van der Waals surface area contributed by atoms with Gasteiger partial charge in [-0.25, -0.2) is 8.42 Å². The molecule has 1 fully saturated rings. The molecule has 1 aromatic carbocycles. The van der Waals surface area contributed by atoms with Crippen LogP contribution in [0.4, 0.5) is 5.69 Å². The number of thiophene rings is 1. The molecule has 1 aliphatic heterocycles. The Hall–Kier alpha value is -1.70. The topological polar surface area (TPSA) is 66.5 Å². The highest BCUT2D eigenvalue weighted by atomic mass is 32.2. The van der Waals surface area contributed by atoms with Crippen molar-refractivity contribution in [2.75, 3.05) is 18.4 Å². The average molecular weight is 393 g/mol. The van der Waals surface area contributed by atoms with E-state index < -0.39 is 10.0 Å². The summed E-state index contributed by atoms with van der Waals surface area (Å²) in [6, 6.07) is 7.42. The summed E-state index contributed by atoms with van der Waals surface area (Å²) in [4.78, 5) is 13.2. The number of aryl methyl sites for hydroxylation is 3. The highest BCUT2D eigenvalue weighted by molar-refractivity contribution is 7.91. The van der Waals surface area contributed by atoms with Crippen LogP contribution in [0, 0.1) is 20.8 Å². The minimum atomic E-state index is -3.41. The van der Waals surface area contributed by atoms with Crippen molar-refractivity contribution >= 4 is 33.0 Å². The first-order valence-corrected chi connectivity index (χ1v) is 11.0. The minimum absolute atomic E-state index is 0.132. The Kier molecular flexibility index (Phi) is 5.50. The third kappa shape index (κ3) is 4.00. The highest BCUT2D eigenvalue weighted by Gasteiger charge is 2.28. The van der Waals surface area contributed by atoms with Crippen LogP contribution in [-0.4, -0.2) is 31.7 Å². The van der Waals surface area contributed by atoms with Gasteiger partial charge >= 0.3 is 0 Å². The number of carbonyl (C=O) groups is 1. The molecule has 0 atom stereocenters. The summed E-state index contributed by atoms with van der Waals surface area (Å²) in [5, 5.41) is 2.97. The van der Waals surface area contributed by atoms with Gasteiger partial charge in [-0.1, -0.05) is 17.7 Å². The lowest BCUT2D eigenvalue weighted by atomic mass is 10.0. The maximum Gasteiger partial charge on any atom is 0.252 e. The second-order valence-electron chi connectivity index (χ2n) is 6.83. The zero-order valence-corrected chi connectivity index (χ0v) is 17.0. The monoisotopic (exact) mass is 392 g/mol. The molecule has 2 heterocycles. The van der Waals surface area contributed by atoms with Crippen LogP contribution in [0.3, 0.4) is 0 Å². The molecule has 1 aliphatic rings. The van der Waals surface area contributed by atoms with Gasteiger partial charge in [0.2, 0.25) is 5.91 Å². The Balaban J connectivity index is 1.70. The Morgan fingerprint density at radius 1 is 1.12 bits per heavy atom. The zero-order chi connectivity index (χ0) is 18.9. The number of sulfonamides is 1. The molecule has 2 aromatic rings. The van der Waals surface area contributed by atoms with Crippen LogP contribution in [0.25, 0.3) is 0 Å². The van der Waals surface area contributed by atoms with E-state index in [0.29, 0.717) is 17.3 Å². The predicted octanol–water partition coefficient (Wildman–Crippen LogP) is 3.64. The van der Waals surface area contributed by atoms with Gasteiger partial charge < -0.3 is 5.32 Å². The quantitative estimate of drug-likeness (QED) is 0.845. The number of nitrogens with zero attached hydrogens (tertiary/aromatic N) is 1. The van der Waals surface area contributed by atoms with Crippen LogP contribution in [0.15, 0.2) is 28.5 Å². The van der Waals surface area contributed by atoms with E-state index in [1.165, 1.54) is 15.6 Å². The van der Waals surface area contributed by atoms with Crippen LogP contribution in [0.2, 0.25) is 0 Å². The number of anilines is 1. The summed E-state index contributed by atoms with van der Waals surface area (Å²) in [6.45, 7) is 7.15. The van der Waals surface area contributed by atoms with Crippen LogP contribution in [0.1, 0.15) is 34.4 Å². The third-order valence-electron chi connectivity index (χ3n) is 4.57. The number of rotatable bonds is 5. The van der Waals surface area contributed by atoms with Crippen molar-refractivity contribution in [2.45, 2.75) is 44.2 Å². The molecule has 1 amide bonds. The smallest absolute Gasteiger partial charge is 0.252 e. The first-order chi connectivity index (χ1) is 12.3. The van der Waals surface area contributed by atoms with E-state index in [2.05, 4.69) is 5.32 Å². The second kappa shape index (κ2) is 7.50. The number of hydrogen-bond donors (Lipinski definition) is 1. The number of amides is 1. The number of carbonyl (C=O) groups excluding carboxylic acids is 1. The standard InChI is InChI=1S/C19H24N2O3S2/c1-13-10-14(2)19(15(3)11-13)20-17(22)12-16-6-7-18(25-16)26(23,24)21-8-4-5-9-21/h6-7,10-11H,4-5,8-9,12H2,1-3H3,(H,20,22). The summed E-state index contributed by atoms with van der Waals surface area (Å²) in [6.07, 6.45) is 2.00. The molecule has 0 aliphatic carbocycles. The molecule has 0 spiro atoms. The van der Waals surface area contributed by atoms with E-state index in [-0.39, 0.29) is 12.3 Å². The molecule has 26 heavy (non-hydrogen) atoms. The molecule has 0 unspecified atom stereocenters. The fraction of sp³-hybridized carbons (Fsp3) is 0.421. The van der Waals surface area contributed by atoms with E-state index >= 15 is 0 Å². The van der Waals surface area contributed by atoms with Crippen molar-refractivity contribution in [3.05, 3.63) is 45.8 Å². The predicted molar refractivity (Wildman–Crippen MR) is 105 cm³/mol. The van der Waals surface area contributed by atoms with Gasteiger partial charge in [-0.2, -0.15) is 4.31 Å². The molecule has 7 heteroatoms. The van der Waals surface area contributed by atoms with Gasteiger partial charge in [-0.15, -0.1) is 11.3 Å². The summed E-state index contributed by atoms with van der Waals surface area (Å²) in [5.74, 6) is -0.132. The highest BCUT2D eigenvalue weighted by Crippen LogP contribution is 2.28. The average Bonchev–Trinajstić information content (AvgIpc) is 3.22. The molecule has 1 aromatic heterocycles. The molecule has 1 saturated heterocycles. The number of benzene rings is 1. The lowest BCUT2D eigenvalue weighted by molar-refractivity contribution is -0.115. The first-order valence-electron chi connectivity index (χ1n) is 8.74. The Labute approximate surface area is 159 Å². The molecule has 5 nitrogen and oxygen atoms in total. The maximum atomic E-state index is 12.6. The van der Waals surface area contributed by atoms with Gasteiger partial charge in [-0.05, 0) is 56.9 Å². The fourth-order valence-electron chi connectivity index (χ4n) is 3.37. The van der Waals surface area contributed by atoms with E-state index in [9.17, 15) is 13.2 Å². The molecular weight excluding hydrogens is 368 g/mol. The van der Waals surface area contributed by atoms with E-state index in [0.717, 1.165) is 40.1 Å². The summed E-state index contributed by atoms with van der Waals surface area (Å²) in [5.41, 5.74) is 4.05. The van der Waals surface area contributed by atoms with Crippen LogP contribution in [0.5, 0.6) is 0 Å². The van der Waals surface area contributed by atoms with Crippen LogP contribution in [-0.2, 0) is 21.2 Å². The largest absolute Gasteiger partial charge is 0.325 e. The molecule has 1 N–H and O–H groups in total. The van der Waals surface area contributed by atoms with Gasteiger partial charge in [0.15, 0.2) is 0 Å². The zero-order valence-electron chi connectivity index (χ0n) is 15.3. The molecular formula is C19H24N2O3S2. The van der Waals surface area contributed by atoms with Crippen molar-refractivity contribution in [1.82, 2.24) is 4.31 Å². The molecule has 0 radical (unpaired) electrons. The van der Waals surface area contributed by atoms with Gasteiger partial charge in [0, 0.05) is 23.7 Å². The van der Waals surface area contributed by atoms with Crippen molar-refractivity contribution in [1.29, 1.82) is 0 Å². The van der Waals surface area contributed by atoms with Crippen molar-refractivity contribution in [3.8, 4) is 0 Å². The number of nitrogens with one attached hydrogen (secondary N) is 1. The van der Waals surface area contributed by atoms with Crippen molar-refractivity contribution in [3.63, 3.8) is 0 Å². The summed E-state index contributed by atoms with van der Waals surface area (Å²) in [7, 11) is -3.41. The SMILES string of the molecule is Cc1cc(C)c(NC(=O)Cc2ccc(S(=O)(=O)N3CCCC3)s2)c(C)c1. The minimum Gasteiger partial charge on any atom is -0.325 e. The van der Waals surface area contributed by atoms with Gasteiger partial charge in [0.25, 0.3) is 10.0 Å². The Bertz CT molecular complexity index is 903. The van der Waals surface area contributed by atoms with Gasteiger partial charge in [-0.3, -0.25) is 4.79 Å². The summed E-state index contributed by atoms with van der Waals surface area (Å²) >= 11 is 1.19. The van der Waals surface area contributed by atoms with E-state index in [1.807, 2.05) is 32.9 Å². The second-order valence-corrected chi connectivity index (χ2v) is 10.2. The first kappa shape index (κ1) is 19.1. The van der Waals surface area contributed by atoms with Gasteiger partial charge in [0.05, 0.1) is 6.42 Å². The lowest BCUT2D eigenvalue weighted by Gasteiger charge is -2.13. The van der Waals surface area contributed by atoms with Gasteiger partial charge in [0.1, 0.15) is 4.21 Å². The third-order valence-corrected chi connectivity index (χ3v) is 8.02. The van der Waals surface area contributed by atoms with E-state index in [4.69, 9.17) is 0 Å². The van der Waals surface area contributed by atoms with Crippen LogP contribution < -0.4 is 5.32 Å². The van der Waals surface area contributed by atoms with E-state index in [1.54, 1.807) is 12.1 Å². The lowest BCUT2D eigenvalue weighted by Crippen LogP contribution is -2.27. The number of hydrogen-bond acceptors (Lipinski definition) is 4. The van der Waals surface area contributed by atoms with Crippen LogP contribution >= 0.6 is 11.3 Å². The molecule has 3 rings (SSSR count). The molecule has 0 saturated carbocycles. The fourth-order valence-corrected chi connectivity index (χ4v) is 6.39. The molecule has 0 bridgehead atoms. The Morgan fingerprint density at radius 2 is 1.73 bits per heavy atom. The van der Waals surface area contributed by atoms with Crippen molar-refractivity contribution < 1.29 is 13.2 Å². The maximum absolute atomic E-state index is 12.6. The summed E-state index contributed by atoms with van der Waals surface area (Å²) < 4.78 is 27.0.